The summed E-state index contributed by atoms with van der Waals surface area (Å²) in [5.74, 6) is 0.369. The molecule has 0 bridgehead atoms. The van der Waals surface area contributed by atoms with Gasteiger partial charge in [-0.1, -0.05) is 48.5 Å². The van der Waals surface area contributed by atoms with Crippen molar-refractivity contribution in [3.63, 3.8) is 0 Å². The number of amides is 2. The van der Waals surface area contributed by atoms with Gasteiger partial charge in [-0.3, -0.25) is 9.59 Å². The fraction of sp³-hybridized carbons (Fsp3) is 0.259. The standard InChI is InChI=1S/C27H31N3O3/c1-30(2)18-9-19-33-24-16-14-23(15-17-24)28-26(31)20-25(21-10-5-3-6-11-21)29-27(32)22-12-7-4-8-13-22/h3-8,10-17,25H,9,18-20H2,1-2H3,(H,28,31)(H,29,32). The van der Waals surface area contributed by atoms with Crippen molar-refractivity contribution in [1.82, 2.24) is 10.2 Å². The van der Waals surface area contributed by atoms with Crippen molar-refractivity contribution in [2.75, 3.05) is 32.6 Å². The highest BCUT2D eigenvalue weighted by molar-refractivity contribution is 5.95. The Balaban J connectivity index is 1.58. The largest absolute Gasteiger partial charge is 0.494 e. The first-order chi connectivity index (χ1) is 16.0. The van der Waals surface area contributed by atoms with Gasteiger partial charge >= 0.3 is 0 Å². The monoisotopic (exact) mass is 445 g/mol. The van der Waals surface area contributed by atoms with E-state index < -0.39 is 6.04 Å². The molecule has 3 rings (SSSR count). The van der Waals surface area contributed by atoms with Gasteiger partial charge in [-0.2, -0.15) is 0 Å². The summed E-state index contributed by atoms with van der Waals surface area (Å²) in [6.07, 6.45) is 1.06. The van der Waals surface area contributed by atoms with E-state index in [4.69, 9.17) is 4.74 Å². The number of anilines is 1. The number of nitrogens with zero attached hydrogens (tertiary/aromatic N) is 1. The minimum Gasteiger partial charge on any atom is -0.494 e. The number of ether oxygens (including phenoxy) is 1. The number of carbonyl (C=O) groups is 2. The lowest BCUT2D eigenvalue weighted by Crippen LogP contribution is -2.31. The molecule has 2 amide bonds. The average molecular weight is 446 g/mol. The number of hydrogen-bond donors (Lipinski definition) is 2. The molecule has 0 radical (unpaired) electrons. The molecule has 0 saturated heterocycles. The second-order valence-electron chi connectivity index (χ2n) is 8.08. The molecular formula is C27H31N3O3. The van der Waals surface area contributed by atoms with Crippen molar-refractivity contribution >= 4 is 17.5 Å². The number of hydrogen-bond acceptors (Lipinski definition) is 4. The summed E-state index contributed by atoms with van der Waals surface area (Å²) >= 11 is 0. The smallest absolute Gasteiger partial charge is 0.251 e. The van der Waals surface area contributed by atoms with E-state index in [1.54, 1.807) is 12.1 Å². The molecule has 1 atom stereocenters. The average Bonchev–Trinajstić information content (AvgIpc) is 2.83. The van der Waals surface area contributed by atoms with Crippen LogP contribution in [-0.4, -0.2) is 44.0 Å². The second kappa shape index (κ2) is 12.4. The molecule has 0 heterocycles. The summed E-state index contributed by atoms with van der Waals surface area (Å²) in [5.41, 5.74) is 2.11. The molecule has 6 heteroatoms. The summed E-state index contributed by atoms with van der Waals surface area (Å²) in [7, 11) is 4.07. The van der Waals surface area contributed by atoms with E-state index >= 15 is 0 Å². The van der Waals surface area contributed by atoms with Gasteiger partial charge < -0.3 is 20.3 Å². The molecule has 172 valence electrons. The Kier molecular flexibility index (Phi) is 9.03. The van der Waals surface area contributed by atoms with Gasteiger partial charge in [0.05, 0.1) is 19.1 Å². The summed E-state index contributed by atoms with van der Waals surface area (Å²) in [4.78, 5) is 27.6. The van der Waals surface area contributed by atoms with E-state index in [1.165, 1.54) is 0 Å². The normalized spacial score (nSPS) is 11.6. The molecule has 0 spiro atoms. The van der Waals surface area contributed by atoms with Crippen LogP contribution in [0.5, 0.6) is 5.75 Å². The molecule has 2 N–H and O–H groups in total. The van der Waals surface area contributed by atoms with Crippen LogP contribution >= 0.6 is 0 Å². The summed E-state index contributed by atoms with van der Waals surface area (Å²) in [6.45, 7) is 1.61. The van der Waals surface area contributed by atoms with Gasteiger partial charge in [0.2, 0.25) is 5.91 Å². The van der Waals surface area contributed by atoms with Gasteiger partial charge in [-0.05, 0) is 62.5 Å². The van der Waals surface area contributed by atoms with Crippen LogP contribution in [0.1, 0.15) is 34.8 Å². The lowest BCUT2D eigenvalue weighted by atomic mass is 10.0. The van der Waals surface area contributed by atoms with E-state index in [2.05, 4.69) is 15.5 Å². The molecule has 3 aromatic carbocycles. The number of benzene rings is 3. The number of nitrogens with one attached hydrogen (secondary N) is 2. The Hall–Kier alpha value is -3.64. The third kappa shape index (κ3) is 8.09. The first-order valence-corrected chi connectivity index (χ1v) is 11.1. The van der Waals surface area contributed by atoms with Crippen molar-refractivity contribution in [2.45, 2.75) is 18.9 Å². The van der Waals surface area contributed by atoms with Crippen molar-refractivity contribution in [2.24, 2.45) is 0 Å². The molecule has 0 aliphatic rings. The van der Waals surface area contributed by atoms with Gasteiger partial charge in [0.25, 0.3) is 5.91 Å². The zero-order valence-electron chi connectivity index (χ0n) is 19.2. The van der Waals surface area contributed by atoms with Gasteiger partial charge in [0.15, 0.2) is 0 Å². The van der Waals surface area contributed by atoms with Crippen LogP contribution in [0.2, 0.25) is 0 Å². The van der Waals surface area contributed by atoms with Gasteiger partial charge in [-0.25, -0.2) is 0 Å². The summed E-state index contributed by atoms with van der Waals surface area (Å²) in [6, 6.07) is 25.4. The molecule has 6 nitrogen and oxygen atoms in total. The maximum atomic E-state index is 12.8. The van der Waals surface area contributed by atoms with Crippen molar-refractivity contribution in [3.8, 4) is 5.75 Å². The van der Waals surface area contributed by atoms with Crippen LogP contribution in [0, 0.1) is 0 Å². The quantitative estimate of drug-likeness (QED) is 0.426. The minimum atomic E-state index is -0.446. The van der Waals surface area contributed by atoms with Gasteiger partial charge in [0.1, 0.15) is 5.75 Å². The van der Waals surface area contributed by atoms with E-state index in [1.807, 2.05) is 86.9 Å². The lowest BCUT2D eigenvalue weighted by Gasteiger charge is -2.19. The highest BCUT2D eigenvalue weighted by atomic mass is 16.5. The summed E-state index contributed by atoms with van der Waals surface area (Å²) < 4.78 is 5.74. The van der Waals surface area contributed by atoms with Crippen LogP contribution in [0.15, 0.2) is 84.9 Å². The first kappa shape index (κ1) is 24.0. The first-order valence-electron chi connectivity index (χ1n) is 11.1. The molecule has 0 aliphatic heterocycles. The number of carbonyl (C=O) groups excluding carboxylic acids is 2. The molecule has 33 heavy (non-hydrogen) atoms. The Morgan fingerprint density at radius 3 is 2.15 bits per heavy atom. The second-order valence-corrected chi connectivity index (χ2v) is 8.08. The predicted molar refractivity (Wildman–Crippen MR) is 131 cm³/mol. The molecule has 0 fully saturated rings. The number of rotatable bonds is 11. The van der Waals surface area contributed by atoms with Gasteiger partial charge in [0, 0.05) is 17.8 Å². The molecule has 0 aliphatic carbocycles. The molecule has 0 saturated carbocycles. The Morgan fingerprint density at radius 2 is 1.52 bits per heavy atom. The van der Waals surface area contributed by atoms with Crippen LogP contribution in [0.4, 0.5) is 5.69 Å². The van der Waals surface area contributed by atoms with Crippen LogP contribution in [-0.2, 0) is 4.79 Å². The Morgan fingerprint density at radius 1 is 0.879 bits per heavy atom. The minimum absolute atomic E-state index is 0.116. The predicted octanol–water partition coefficient (Wildman–Crippen LogP) is 4.52. The Labute approximate surface area is 195 Å². The fourth-order valence-electron chi connectivity index (χ4n) is 3.37. The van der Waals surface area contributed by atoms with E-state index in [-0.39, 0.29) is 18.2 Å². The Bertz CT molecular complexity index is 1010. The molecule has 0 aromatic heterocycles. The molecule has 3 aromatic rings. The third-order valence-corrected chi connectivity index (χ3v) is 5.09. The van der Waals surface area contributed by atoms with Crippen LogP contribution in [0.3, 0.4) is 0 Å². The van der Waals surface area contributed by atoms with Crippen molar-refractivity contribution < 1.29 is 14.3 Å². The van der Waals surface area contributed by atoms with Crippen LogP contribution < -0.4 is 15.4 Å². The van der Waals surface area contributed by atoms with E-state index in [0.29, 0.717) is 17.9 Å². The maximum Gasteiger partial charge on any atom is 0.251 e. The highest BCUT2D eigenvalue weighted by Gasteiger charge is 2.19. The topological polar surface area (TPSA) is 70.7 Å². The fourth-order valence-corrected chi connectivity index (χ4v) is 3.37. The van der Waals surface area contributed by atoms with E-state index in [9.17, 15) is 9.59 Å². The highest BCUT2D eigenvalue weighted by Crippen LogP contribution is 2.20. The molecule has 1 unspecified atom stereocenters. The molecular weight excluding hydrogens is 414 g/mol. The zero-order valence-corrected chi connectivity index (χ0v) is 19.2. The van der Waals surface area contributed by atoms with Crippen molar-refractivity contribution in [3.05, 3.63) is 96.1 Å². The zero-order chi connectivity index (χ0) is 23.5. The van der Waals surface area contributed by atoms with Gasteiger partial charge in [-0.15, -0.1) is 0 Å². The van der Waals surface area contributed by atoms with Crippen LogP contribution in [0.25, 0.3) is 0 Å². The summed E-state index contributed by atoms with van der Waals surface area (Å²) in [5, 5.41) is 5.90. The SMILES string of the molecule is CN(C)CCCOc1ccc(NC(=O)CC(NC(=O)c2ccccc2)c2ccccc2)cc1. The van der Waals surface area contributed by atoms with E-state index in [0.717, 1.165) is 24.3 Å². The van der Waals surface area contributed by atoms with Crippen molar-refractivity contribution in [1.29, 1.82) is 0 Å². The third-order valence-electron chi connectivity index (χ3n) is 5.09. The lowest BCUT2D eigenvalue weighted by molar-refractivity contribution is -0.116. The maximum absolute atomic E-state index is 12.8.